The quantitative estimate of drug-likeness (QED) is 0.754. The molecule has 5 nitrogen and oxygen atoms in total. The number of likely N-dealkylation sites (N-methyl/N-ethyl adjacent to an activating group) is 1. The van der Waals surface area contributed by atoms with Crippen LogP contribution in [-0.2, 0) is 4.79 Å². The van der Waals surface area contributed by atoms with Crippen LogP contribution in [0, 0.1) is 0 Å². The number of piperazine rings is 1. The van der Waals surface area contributed by atoms with E-state index in [1.165, 1.54) is 0 Å². The van der Waals surface area contributed by atoms with Gasteiger partial charge in [-0.05, 0) is 26.8 Å². The van der Waals surface area contributed by atoms with Gasteiger partial charge < -0.3 is 16.0 Å². The van der Waals surface area contributed by atoms with Crippen molar-refractivity contribution in [3.8, 4) is 0 Å². The normalized spacial score (nSPS) is 26.3. The third kappa shape index (κ3) is 3.91. The molecule has 1 atom stereocenters. The van der Waals surface area contributed by atoms with E-state index in [4.69, 9.17) is 5.73 Å². The maximum atomic E-state index is 12.2. The van der Waals surface area contributed by atoms with Crippen molar-refractivity contribution in [1.82, 2.24) is 15.1 Å². The Bertz CT molecular complexity index is 307. The van der Waals surface area contributed by atoms with Gasteiger partial charge in [0.15, 0.2) is 0 Å². The number of nitrogens with zero attached hydrogens (tertiary/aromatic N) is 2. The van der Waals surface area contributed by atoms with E-state index in [1.807, 2.05) is 0 Å². The highest BCUT2D eigenvalue weighted by Crippen LogP contribution is 2.27. The predicted molar refractivity (Wildman–Crippen MR) is 76.9 cm³/mol. The Morgan fingerprint density at radius 2 is 1.84 bits per heavy atom. The van der Waals surface area contributed by atoms with E-state index in [1.54, 1.807) is 0 Å². The zero-order valence-corrected chi connectivity index (χ0v) is 12.3. The molecule has 2 fully saturated rings. The molecule has 110 valence electrons. The number of rotatable bonds is 4. The summed E-state index contributed by atoms with van der Waals surface area (Å²) in [5, 5.41) is 3.10. The van der Waals surface area contributed by atoms with Crippen molar-refractivity contribution >= 4 is 5.91 Å². The molecule has 0 aromatic rings. The van der Waals surface area contributed by atoms with E-state index in [2.05, 4.69) is 29.1 Å². The zero-order valence-electron chi connectivity index (χ0n) is 12.3. The molecule has 1 aliphatic heterocycles. The van der Waals surface area contributed by atoms with Crippen molar-refractivity contribution in [2.75, 3.05) is 39.8 Å². The summed E-state index contributed by atoms with van der Waals surface area (Å²) in [5.41, 5.74) is 5.57. The van der Waals surface area contributed by atoms with Crippen LogP contribution in [0.1, 0.15) is 32.6 Å². The number of nitrogens with two attached hydrogens (primary N) is 1. The van der Waals surface area contributed by atoms with Gasteiger partial charge in [-0.15, -0.1) is 0 Å². The van der Waals surface area contributed by atoms with Crippen molar-refractivity contribution in [2.24, 2.45) is 5.73 Å². The maximum absolute atomic E-state index is 12.2. The number of carbonyl (C=O) groups is 1. The zero-order chi connectivity index (χ0) is 13.9. The molecule has 2 rings (SSSR count). The average Bonchev–Trinajstić information content (AvgIpc) is 2.80. The third-order valence-electron chi connectivity index (χ3n) is 4.45. The summed E-state index contributed by atoms with van der Waals surface area (Å²) >= 11 is 0. The molecule has 19 heavy (non-hydrogen) atoms. The highest BCUT2D eigenvalue weighted by Gasteiger charge is 2.37. The van der Waals surface area contributed by atoms with Crippen LogP contribution in [0.4, 0.5) is 0 Å². The van der Waals surface area contributed by atoms with Crippen LogP contribution in [0.2, 0.25) is 0 Å². The highest BCUT2D eigenvalue weighted by atomic mass is 16.2. The molecule has 1 amide bonds. The Kier molecular flexibility index (Phi) is 4.81. The third-order valence-corrected chi connectivity index (χ3v) is 4.45. The molecule has 1 heterocycles. The minimum absolute atomic E-state index is 0.0478. The number of amides is 1. The lowest BCUT2D eigenvalue weighted by atomic mass is 9.97. The predicted octanol–water partition coefficient (Wildman–Crippen LogP) is 0.0100. The Labute approximate surface area is 116 Å². The fourth-order valence-electron chi connectivity index (χ4n) is 3.06. The van der Waals surface area contributed by atoms with Gasteiger partial charge in [-0.3, -0.25) is 9.69 Å². The summed E-state index contributed by atoms with van der Waals surface area (Å²) in [6.45, 7) is 7.40. The highest BCUT2D eigenvalue weighted by molar-refractivity contribution is 5.86. The SMILES string of the molecule is CC(CN1CCN(C)CC1)NC(=O)C1(N)CCCC1. The van der Waals surface area contributed by atoms with E-state index in [0.717, 1.165) is 58.4 Å². The first-order chi connectivity index (χ1) is 8.99. The van der Waals surface area contributed by atoms with Gasteiger partial charge >= 0.3 is 0 Å². The fraction of sp³-hybridized carbons (Fsp3) is 0.929. The van der Waals surface area contributed by atoms with Crippen LogP contribution in [0.5, 0.6) is 0 Å². The summed E-state index contributed by atoms with van der Waals surface area (Å²) in [4.78, 5) is 17.0. The second kappa shape index (κ2) is 6.20. The molecule has 0 aromatic heterocycles. The smallest absolute Gasteiger partial charge is 0.240 e. The van der Waals surface area contributed by atoms with E-state index in [0.29, 0.717) is 0 Å². The largest absolute Gasteiger partial charge is 0.351 e. The summed E-state index contributed by atoms with van der Waals surface area (Å²) in [6, 6.07) is 0.178. The Balaban J connectivity index is 1.74. The summed E-state index contributed by atoms with van der Waals surface area (Å²) in [6.07, 6.45) is 3.83. The average molecular weight is 268 g/mol. The monoisotopic (exact) mass is 268 g/mol. The van der Waals surface area contributed by atoms with Gasteiger partial charge in [-0.25, -0.2) is 0 Å². The molecule has 0 bridgehead atoms. The van der Waals surface area contributed by atoms with Gasteiger partial charge in [-0.1, -0.05) is 12.8 Å². The van der Waals surface area contributed by atoms with Crippen LogP contribution >= 0.6 is 0 Å². The van der Waals surface area contributed by atoms with Gasteiger partial charge in [0, 0.05) is 38.8 Å². The van der Waals surface area contributed by atoms with Crippen molar-refractivity contribution < 1.29 is 4.79 Å². The molecule has 2 aliphatic rings. The molecular weight excluding hydrogens is 240 g/mol. The minimum atomic E-state index is -0.601. The van der Waals surface area contributed by atoms with Crippen LogP contribution in [0.25, 0.3) is 0 Å². The van der Waals surface area contributed by atoms with Crippen LogP contribution in [0.3, 0.4) is 0 Å². The van der Waals surface area contributed by atoms with E-state index in [9.17, 15) is 4.79 Å². The lowest BCUT2D eigenvalue weighted by Gasteiger charge is -2.34. The van der Waals surface area contributed by atoms with E-state index >= 15 is 0 Å². The van der Waals surface area contributed by atoms with Crippen LogP contribution in [0.15, 0.2) is 0 Å². The summed E-state index contributed by atoms with van der Waals surface area (Å²) < 4.78 is 0. The van der Waals surface area contributed by atoms with E-state index < -0.39 is 5.54 Å². The van der Waals surface area contributed by atoms with Gasteiger partial charge in [0.05, 0.1) is 5.54 Å². The fourth-order valence-corrected chi connectivity index (χ4v) is 3.06. The molecule has 1 saturated heterocycles. The topological polar surface area (TPSA) is 61.6 Å². The Hall–Kier alpha value is -0.650. The standard InChI is InChI=1S/C14H28N4O/c1-12(11-18-9-7-17(2)8-10-18)16-13(19)14(15)5-3-4-6-14/h12H,3-11,15H2,1-2H3,(H,16,19). The first kappa shape index (κ1) is 14.8. The molecule has 0 spiro atoms. The molecule has 1 unspecified atom stereocenters. The molecule has 3 N–H and O–H groups in total. The molecular formula is C14H28N4O. The maximum Gasteiger partial charge on any atom is 0.240 e. The van der Waals surface area contributed by atoms with Gasteiger partial charge in [0.2, 0.25) is 5.91 Å². The van der Waals surface area contributed by atoms with Crippen LogP contribution < -0.4 is 11.1 Å². The van der Waals surface area contributed by atoms with Gasteiger partial charge in [0.1, 0.15) is 0 Å². The summed E-state index contributed by atoms with van der Waals surface area (Å²) in [7, 11) is 2.15. The summed E-state index contributed by atoms with van der Waals surface area (Å²) in [5.74, 6) is 0.0478. The van der Waals surface area contributed by atoms with E-state index in [-0.39, 0.29) is 11.9 Å². The van der Waals surface area contributed by atoms with Crippen molar-refractivity contribution in [2.45, 2.75) is 44.2 Å². The molecule has 0 aromatic carbocycles. The minimum Gasteiger partial charge on any atom is -0.351 e. The van der Waals surface area contributed by atoms with Crippen molar-refractivity contribution in [1.29, 1.82) is 0 Å². The first-order valence-corrected chi connectivity index (χ1v) is 7.50. The number of nitrogens with one attached hydrogen (secondary N) is 1. The van der Waals surface area contributed by atoms with Gasteiger partial charge in [-0.2, -0.15) is 0 Å². The molecule has 1 aliphatic carbocycles. The lowest BCUT2D eigenvalue weighted by Crippen LogP contribution is -2.56. The second-order valence-corrected chi connectivity index (χ2v) is 6.34. The second-order valence-electron chi connectivity index (χ2n) is 6.34. The van der Waals surface area contributed by atoms with Crippen LogP contribution in [-0.4, -0.2) is 67.1 Å². The van der Waals surface area contributed by atoms with Crippen molar-refractivity contribution in [3.63, 3.8) is 0 Å². The molecule has 5 heteroatoms. The number of hydrogen-bond donors (Lipinski definition) is 2. The number of carbonyl (C=O) groups excluding carboxylic acids is 1. The number of hydrogen-bond acceptors (Lipinski definition) is 4. The lowest BCUT2D eigenvalue weighted by molar-refractivity contribution is -0.126. The Morgan fingerprint density at radius 3 is 2.42 bits per heavy atom. The van der Waals surface area contributed by atoms with Gasteiger partial charge in [0.25, 0.3) is 0 Å². The van der Waals surface area contributed by atoms with Crippen molar-refractivity contribution in [3.05, 3.63) is 0 Å². The Morgan fingerprint density at radius 1 is 1.26 bits per heavy atom. The molecule has 1 saturated carbocycles. The first-order valence-electron chi connectivity index (χ1n) is 7.50. The molecule has 0 radical (unpaired) electrons.